The Morgan fingerprint density at radius 1 is 1.25 bits per heavy atom. The molecule has 6 heteroatoms. The minimum absolute atomic E-state index is 0.150. The van der Waals surface area contributed by atoms with E-state index in [0.717, 1.165) is 16.7 Å². The number of benzene rings is 1. The molecule has 0 aliphatic rings. The average molecular weight is 327 g/mol. The van der Waals surface area contributed by atoms with Crippen LogP contribution in [0.1, 0.15) is 23.1 Å². The molecular weight excluding hydrogens is 306 g/mol. The van der Waals surface area contributed by atoms with Crippen molar-refractivity contribution in [1.29, 1.82) is 0 Å². The maximum atomic E-state index is 12.2. The van der Waals surface area contributed by atoms with E-state index < -0.39 is 12.0 Å². The number of hydrogen-bond donors (Lipinski definition) is 3. The lowest BCUT2D eigenvalue weighted by atomic mass is 10.1. The van der Waals surface area contributed by atoms with Gasteiger partial charge < -0.3 is 10.4 Å². The van der Waals surface area contributed by atoms with Gasteiger partial charge in [0.25, 0.3) is 0 Å². The SMILES string of the molecule is Cc1ccc(C)c(NC(=O)CC(NCc2cccnc2)C(=O)O)c1. The highest BCUT2D eigenvalue weighted by Crippen LogP contribution is 2.16. The lowest BCUT2D eigenvalue weighted by Crippen LogP contribution is -2.39. The quantitative estimate of drug-likeness (QED) is 0.725. The van der Waals surface area contributed by atoms with Gasteiger partial charge in [-0.1, -0.05) is 18.2 Å². The number of carboxylic acid groups (broad SMARTS) is 1. The molecule has 0 fully saturated rings. The molecule has 0 aliphatic heterocycles. The fourth-order valence-electron chi connectivity index (χ4n) is 2.25. The van der Waals surface area contributed by atoms with Crippen LogP contribution in [-0.4, -0.2) is 28.0 Å². The first-order valence-electron chi connectivity index (χ1n) is 7.68. The van der Waals surface area contributed by atoms with E-state index in [1.807, 2.05) is 38.1 Å². The number of amides is 1. The van der Waals surface area contributed by atoms with Crippen molar-refractivity contribution in [3.8, 4) is 0 Å². The summed E-state index contributed by atoms with van der Waals surface area (Å²) < 4.78 is 0. The van der Waals surface area contributed by atoms with E-state index in [9.17, 15) is 14.7 Å². The molecule has 1 amide bonds. The number of aliphatic carboxylic acids is 1. The molecule has 0 aliphatic carbocycles. The molecule has 1 atom stereocenters. The van der Waals surface area contributed by atoms with Crippen LogP contribution in [0.25, 0.3) is 0 Å². The highest BCUT2D eigenvalue weighted by Gasteiger charge is 2.21. The fraction of sp³-hybridized carbons (Fsp3) is 0.278. The van der Waals surface area contributed by atoms with Gasteiger partial charge in [-0.2, -0.15) is 0 Å². The van der Waals surface area contributed by atoms with E-state index in [4.69, 9.17) is 0 Å². The molecule has 3 N–H and O–H groups in total. The van der Waals surface area contributed by atoms with Crippen molar-refractivity contribution < 1.29 is 14.7 Å². The topological polar surface area (TPSA) is 91.3 Å². The van der Waals surface area contributed by atoms with E-state index in [1.165, 1.54) is 0 Å². The maximum Gasteiger partial charge on any atom is 0.321 e. The second kappa shape index (κ2) is 8.21. The van der Waals surface area contributed by atoms with Gasteiger partial charge in [-0.05, 0) is 42.7 Å². The zero-order valence-electron chi connectivity index (χ0n) is 13.7. The molecule has 1 heterocycles. The molecule has 0 spiro atoms. The molecule has 2 rings (SSSR count). The zero-order valence-corrected chi connectivity index (χ0v) is 13.7. The van der Waals surface area contributed by atoms with E-state index in [1.54, 1.807) is 18.5 Å². The summed E-state index contributed by atoms with van der Waals surface area (Å²) in [6.07, 6.45) is 3.15. The minimum atomic E-state index is -1.06. The van der Waals surface area contributed by atoms with Gasteiger partial charge in [0.2, 0.25) is 5.91 Å². The summed E-state index contributed by atoms with van der Waals surface area (Å²) in [6.45, 7) is 4.16. The van der Waals surface area contributed by atoms with E-state index in [-0.39, 0.29) is 12.3 Å². The summed E-state index contributed by atoms with van der Waals surface area (Å²) in [5, 5.41) is 15.0. The lowest BCUT2D eigenvalue weighted by Gasteiger charge is -2.15. The van der Waals surface area contributed by atoms with Crippen molar-refractivity contribution in [2.45, 2.75) is 32.9 Å². The fourth-order valence-corrected chi connectivity index (χ4v) is 2.25. The van der Waals surface area contributed by atoms with Gasteiger partial charge in [0, 0.05) is 24.6 Å². The molecule has 6 nitrogen and oxygen atoms in total. The Labute approximate surface area is 140 Å². The van der Waals surface area contributed by atoms with Crippen LogP contribution in [-0.2, 0) is 16.1 Å². The largest absolute Gasteiger partial charge is 0.480 e. The summed E-state index contributed by atoms with van der Waals surface area (Å²) in [5.41, 5.74) is 3.53. The zero-order chi connectivity index (χ0) is 17.5. The minimum Gasteiger partial charge on any atom is -0.480 e. The van der Waals surface area contributed by atoms with Crippen LogP contribution in [0.15, 0.2) is 42.7 Å². The van der Waals surface area contributed by atoms with Crippen LogP contribution >= 0.6 is 0 Å². The van der Waals surface area contributed by atoms with Gasteiger partial charge in [0.15, 0.2) is 0 Å². The molecule has 24 heavy (non-hydrogen) atoms. The van der Waals surface area contributed by atoms with Crippen LogP contribution in [0.4, 0.5) is 5.69 Å². The van der Waals surface area contributed by atoms with Crippen molar-refractivity contribution in [1.82, 2.24) is 10.3 Å². The third-order valence-electron chi connectivity index (χ3n) is 3.63. The van der Waals surface area contributed by atoms with Crippen molar-refractivity contribution in [2.75, 3.05) is 5.32 Å². The number of carbonyl (C=O) groups excluding carboxylic acids is 1. The van der Waals surface area contributed by atoms with Crippen LogP contribution in [0, 0.1) is 13.8 Å². The molecule has 0 saturated carbocycles. The Hall–Kier alpha value is -2.73. The molecule has 0 radical (unpaired) electrons. The van der Waals surface area contributed by atoms with Crippen molar-refractivity contribution in [3.63, 3.8) is 0 Å². The maximum absolute atomic E-state index is 12.2. The van der Waals surface area contributed by atoms with Gasteiger partial charge in [-0.15, -0.1) is 0 Å². The number of nitrogens with one attached hydrogen (secondary N) is 2. The van der Waals surface area contributed by atoms with E-state index >= 15 is 0 Å². The van der Waals surface area contributed by atoms with Gasteiger partial charge in [-0.3, -0.25) is 19.9 Å². The first-order chi connectivity index (χ1) is 11.5. The molecule has 1 aromatic carbocycles. The summed E-state index contributed by atoms with van der Waals surface area (Å²) in [5.74, 6) is -1.40. The Bertz CT molecular complexity index is 717. The monoisotopic (exact) mass is 327 g/mol. The highest BCUT2D eigenvalue weighted by atomic mass is 16.4. The summed E-state index contributed by atoms with van der Waals surface area (Å²) in [4.78, 5) is 27.5. The Morgan fingerprint density at radius 2 is 2.04 bits per heavy atom. The molecule has 1 aromatic heterocycles. The molecule has 2 aromatic rings. The number of rotatable bonds is 7. The number of anilines is 1. The molecule has 0 saturated heterocycles. The number of hydrogen-bond acceptors (Lipinski definition) is 4. The second-order valence-corrected chi connectivity index (χ2v) is 5.70. The smallest absolute Gasteiger partial charge is 0.321 e. The number of pyridine rings is 1. The van der Waals surface area contributed by atoms with Crippen molar-refractivity contribution in [2.24, 2.45) is 0 Å². The summed E-state index contributed by atoms with van der Waals surface area (Å²) in [7, 11) is 0. The van der Waals surface area contributed by atoms with Crippen molar-refractivity contribution in [3.05, 3.63) is 59.4 Å². The third kappa shape index (κ3) is 5.17. The van der Waals surface area contributed by atoms with Gasteiger partial charge >= 0.3 is 5.97 Å². The van der Waals surface area contributed by atoms with E-state index in [0.29, 0.717) is 12.2 Å². The number of carbonyl (C=O) groups is 2. The normalized spacial score (nSPS) is 11.8. The second-order valence-electron chi connectivity index (χ2n) is 5.70. The predicted molar refractivity (Wildman–Crippen MR) is 91.7 cm³/mol. The average Bonchev–Trinajstić information content (AvgIpc) is 2.55. The van der Waals surface area contributed by atoms with Crippen LogP contribution in [0.5, 0.6) is 0 Å². The summed E-state index contributed by atoms with van der Waals surface area (Å²) in [6, 6.07) is 8.40. The molecule has 126 valence electrons. The van der Waals surface area contributed by atoms with E-state index in [2.05, 4.69) is 15.6 Å². The molecular formula is C18H21N3O3. The Morgan fingerprint density at radius 3 is 2.71 bits per heavy atom. The van der Waals surface area contributed by atoms with Crippen LogP contribution in [0.2, 0.25) is 0 Å². The molecule has 1 unspecified atom stereocenters. The number of aromatic nitrogens is 1. The first-order valence-corrected chi connectivity index (χ1v) is 7.68. The van der Waals surface area contributed by atoms with Crippen molar-refractivity contribution >= 4 is 17.6 Å². The number of carboxylic acids is 1. The number of nitrogens with zero attached hydrogens (tertiary/aromatic N) is 1. The highest BCUT2D eigenvalue weighted by molar-refractivity contribution is 5.94. The van der Waals surface area contributed by atoms with Crippen LogP contribution in [0.3, 0.4) is 0 Å². The van der Waals surface area contributed by atoms with Gasteiger partial charge in [0.1, 0.15) is 6.04 Å². The standard InChI is InChI=1S/C18H21N3O3/c1-12-5-6-13(2)15(8-12)21-17(22)9-16(18(23)24)20-11-14-4-3-7-19-10-14/h3-8,10,16,20H,9,11H2,1-2H3,(H,21,22)(H,23,24). The predicted octanol–water partition coefficient (Wildman–Crippen LogP) is 2.27. The van der Waals surface area contributed by atoms with Gasteiger partial charge in [-0.25, -0.2) is 0 Å². The molecule has 0 bridgehead atoms. The summed E-state index contributed by atoms with van der Waals surface area (Å²) >= 11 is 0. The lowest BCUT2D eigenvalue weighted by molar-refractivity contribution is -0.141. The third-order valence-corrected chi connectivity index (χ3v) is 3.63. The van der Waals surface area contributed by atoms with Gasteiger partial charge in [0.05, 0.1) is 6.42 Å². The first kappa shape index (κ1) is 17.6. The number of aryl methyl sites for hydroxylation is 2. The Kier molecular flexibility index (Phi) is 6.03. The van der Waals surface area contributed by atoms with Crippen LogP contribution < -0.4 is 10.6 Å². The Balaban J connectivity index is 1.95.